The molecule has 0 bridgehead atoms. The number of nitrogens with two attached hydrogens (primary N) is 1. The number of aliphatic hydroxyl groups excluding tert-OH is 1. The van der Waals surface area contributed by atoms with E-state index < -0.39 is 0 Å². The van der Waals surface area contributed by atoms with Gasteiger partial charge in [-0.2, -0.15) is 0 Å². The third-order valence-corrected chi connectivity index (χ3v) is 3.27. The van der Waals surface area contributed by atoms with Gasteiger partial charge in [-0.25, -0.2) is 4.98 Å². The van der Waals surface area contributed by atoms with Gasteiger partial charge in [-0.05, 0) is 31.4 Å². The molecule has 6 heteroatoms. The highest BCUT2D eigenvalue weighted by Crippen LogP contribution is 2.25. The summed E-state index contributed by atoms with van der Waals surface area (Å²) in [5.74, 6) is 5.12. The van der Waals surface area contributed by atoms with Gasteiger partial charge in [-0.3, -0.25) is 10.6 Å². The minimum absolute atomic E-state index is 0.0231. The van der Waals surface area contributed by atoms with Crippen LogP contribution in [0.15, 0.2) is 18.3 Å². The molecule has 1 aromatic heterocycles. The van der Waals surface area contributed by atoms with Crippen molar-refractivity contribution in [1.29, 1.82) is 0 Å². The zero-order chi connectivity index (χ0) is 13.0. The molecule has 1 aliphatic carbocycles. The molecular formula is C12H18N4O2. The summed E-state index contributed by atoms with van der Waals surface area (Å²) in [6, 6.07) is 3.59. The van der Waals surface area contributed by atoms with Crippen LogP contribution in [0.5, 0.6) is 0 Å². The molecule has 1 fully saturated rings. The number of carbonyl (C=O) groups excluding carboxylic acids is 1. The summed E-state index contributed by atoms with van der Waals surface area (Å²) in [6.07, 6.45) is 4.68. The van der Waals surface area contributed by atoms with Crippen molar-refractivity contribution in [1.82, 2.24) is 9.88 Å². The molecule has 1 aliphatic rings. The smallest absolute Gasteiger partial charge is 0.272 e. The van der Waals surface area contributed by atoms with Gasteiger partial charge in [-0.15, -0.1) is 0 Å². The van der Waals surface area contributed by atoms with Gasteiger partial charge in [0.05, 0.1) is 18.5 Å². The molecule has 98 valence electrons. The normalized spacial score (nSPS) is 15.0. The van der Waals surface area contributed by atoms with Gasteiger partial charge in [0.1, 0.15) is 5.69 Å². The first-order chi connectivity index (χ1) is 8.76. The number of aliphatic hydroxyl groups is 1. The predicted molar refractivity (Wildman–Crippen MR) is 67.8 cm³/mol. The second-order valence-corrected chi connectivity index (χ2v) is 4.38. The Hall–Kier alpha value is -1.66. The van der Waals surface area contributed by atoms with Crippen molar-refractivity contribution in [2.45, 2.75) is 25.3 Å². The highest BCUT2D eigenvalue weighted by molar-refractivity contribution is 5.92. The number of nitrogens with one attached hydrogen (secondary N) is 1. The number of hydrogen-bond donors (Lipinski definition) is 3. The summed E-state index contributed by atoms with van der Waals surface area (Å²) in [5.41, 5.74) is 3.51. The summed E-state index contributed by atoms with van der Waals surface area (Å²) in [6.45, 7) is 0.340. The first-order valence-corrected chi connectivity index (χ1v) is 6.10. The monoisotopic (exact) mass is 250 g/mol. The van der Waals surface area contributed by atoms with E-state index >= 15 is 0 Å². The van der Waals surface area contributed by atoms with E-state index in [2.05, 4.69) is 10.4 Å². The molecule has 0 saturated heterocycles. The van der Waals surface area contributed by atoms with E-state index in [-0.39, 0.29) is 18.6 Å². The maximum absolute atomic E-state index is 12.3. The van der Waals surface area contributed by atoms with Crippen LogP contribution in [0.3, 0.4) is 0 Å². The maximum atomic E-state index is 12.3. The van der Waals surface area contributed by atoms with Gasteiger partial charge in [0.2, 0.25) is 0 Å². The van der Waals surface area contributed by atoms with Crippen LogP contribution in [0.2, 0.25) is 0 Å². The van der Waals surface area contributed by atoms with E-state index in [0.717, 1.165) is 19.3 Å². The van der Waals surface area contributed by atoms with Gasteiger partial charge >= 0.3 is 0 Å². The van der Waals surface area contributed by atoms with Crippen molar-refractivity contribution < 1.29 is 9.90 Å². The zero-order valence-corrected chi connectivity index (χ0v) is 10.2. The van der Waals surface area contributed by atoms with Crippen LogP contribution < -0.4 is 11.3 Å². The lowest BCUT2D eigenvalue weighted by molar-refractivity contribution is 0.0520. The molecule has 18 heavy (non-hydrogen) atoms. The molecule has 0 spiro atoms. The highest BCUT2D eigenvalue weighted by Gasteiger charge is 2.29. The van der Waals surface area contributed by atoms with Crippen molar-refractivity contribution in [3.8, 4) is 0 Å². The van der Waals surface area contributed by atoms with Crippen LogP contribution in [0.25, 0.3) is 0 Å². The summed E-state index contributed by atoms with van der Waals surface area (Å²) in [5, 5.41) is 9.04. The molecule has 0 atom stereocenters. The van der Waals surface area contributed by atoms with Gasteiger partial charge in [0.25, 0.3) is 5.91 Å². The number of anilines is 1. The average molecular weight is 250 g/mol. The van der Waals surface area contributed by atoms with E-state index in [1.807, 2.05) is 0 Å². The van der Waals surface area contributed by atoms with Crippen LogP contribution in [-0.2, 0) is 0 Å². The fourth-order valence-electron chi connectivity index (χ4n) is 2.01. The Morgan fingerprint density at radius 2 is 2.33 bits per heavy atom. The third kappa shape index (κ3) is 2.60. The van der Waals surface area contributed by atoms with E-state index in [1.54, 1.807) is 17.0 Å². The third-order valence-electron chi connectivity index (χ3n) is 3.27. The fraction of sp³-hybridized carbons (Fsp3) is 0.500. The number of hydrogen-bond acceptors (Lipinski definition) is 5. The van der Waals surface area contributed by atoms with Gasteiger partial charge < -0.3 is 15.4 Å². The predicted octanol–water partition coefficient (Wildman–Crippen LogP) is 0.354. The first kappa shape index (κ1) is 12.8. The average Bonchev–Trinajstić information content (AvgIpc) is 2.35. The van der Waals surface area contributed by atoms with Crippen LogP contribution in [0.4, 0.5) is 5.69 Å². The quantitative estimate of drug-likeness (QED) is 0.518. The molecule has 1 amide bonds. The van der Waals surface area contributed by atoms with E-state index in [4.69, 9.17) is 10.9 Å². The van der Waals surface area contributed by atoms with E-state index in [9.17, 15) is 4.79 Å². The summed E-state index contributed by atoms with van der Waals surface area (Å²) in [7, 11) is 0. The molecule has 1 heterocycles. The van der Waals surface area contributed by atoms with Crippen LogP contribution in [0.1, 0.15) is 29.8 Å². The molecule has 0 aliphatic heterocycles. The van der Waals surface area contributed by atoms with E-state index in [1.165, 1.54) is 6.20 Å². The van der Waals surface area contributed by atoms with Crippen molar-refractivity contribution in [2.75, 3.05) is 18.6 Å². The fourth-order valence-corrected chi connectivity index (χ4v) is 2.01. The highest BCUT2D eigenvalue weighted by atomic mass is 16.3. The lowest BCUT2D eigenvalue weighted by Gasteiger charge is -2.37. The number of nitrogen functional groups attached to an aromatic ring is 1. The largest absolute Gasteiger partial charge is 0.395 e. The molecule has 6 nitrogen and oxygen atoms in total. The van der Waals surface area contributed by atoms with Crippen LogP contribution in [-0.4, -0.2) is 40.1 Å². The Balaban J connectivity index is 2.10. The Labute approximate surface area is 106 Å². The van der Waals surface area contributed by atoms with Crippen molar-refractivity contribution in [2.24, 2.45) is 5.84 Å². The second kappa shape index (κ2) is 5.79. The van der Waals surface area contributed by atoms with Crippen molar-refractivity contribution in [3.05, 3.63) is 24.0 Å². The first-order valence-electron chi connectivity index (χ1n) is 6.10. The zero-order valence-electron chi connectivity index (χ0n) is 10.2. The van der Waals surface area contributed by atoms with Crippen LogP contribution >= 0.6 is 0 Å². The van der Waals surface area contributed by atoms with Gasteiger partial charge in [0.15, 0.2) is 0 Å². The van der Waals surface area contributed by atoms with Crippen molar-refractivity contribution >= 4 is 11.6 Å². The lowest BCUT2D eigenvalue weighted by atomic mass is 9.91. The maximum Gasteiger partial charge on any atom is 0.272 e. The Morgan fingerprint density at radius 1 is 1.56 bits per heavy atom. The Kier molecular flexibility index (Phi) is 4.11. The second-order valence-electron chi connectivity index (χ2n) is 4.38. The molecule has 4 N–H and O–H groups in total. The molecule has 1 aromatic rings. The minimum atomic E-state index is -0.127. The molecule has 0 radical (unpaired) electrons. The summed E-state index contributed by atoms with van der Waals surface area (Å²) in [4.78, 5) is 18.1. The molecule has 2 rings (SSSR count). The standard InChI is InChI=1S/C12H18N4O2/c13-15-9-4-5-11(14-8-9)12(18)16(6-7-17)10-2-1-3-10/h4-5,8,10,15,17H,1-3,6-7,13H2. The number of nitrogens with zero attached hydrogens (tertiary/aromatic N) is 2. The molecule has 1 saturated carbocycles. The van der Waals surface area contributed by atoms with Gasteiger partial charge in [0, 0.05) is 12.6 Å². The SMILES string of the molecule is NNc1ccc(C(=O)N(CCO)C2CCC2)nc1. The number of carbonyl (C=O) groups is 1. The van der Waals surface area contributed by atoms with Crippen LogP contribution in [0, 0.1) is 0 Å². The summed E-state index contributed by atoms with van der Waals surface area (Å²) < 4.78 is 0. The van der Waals surface area contributed by atoms with Crippen molar-refractivity contribution in [3.63, 3.8) is 0 Å². The Morgan fingerprint density at radius 3 is 2.78 bits per heavy atom. The Bertz CT molecular complexity index is 403. The minimum Gasteiger partial charge on any atom is -0.395 e. The lowest BCUT2D eigenvalue weighted by Crippen LogP contribution is -2.45. The molecular weight excluding hydrogens is 232 g/mol. The number of amides is 1. The number of hydrazine groups is 1. The molecule has 0 aromatic carbocycles. The number of rotatable bonds is 5. The van der Waals surface area contributed by atoms with Gasteiger partial charge in [-0.1, -0.05) is 0 Å². The number of pyridine rings is 1. The van der Waals surface area contributed by atoms with E-state index in [0.29, 0.717) is 17.9 Å². The number of aromatic nitrogens is 1. The molecule has 0 unspecified atom stereocenters. The topological polar surface area (TPSA) is 91.5 Å². The summed E-state index contributed by atoms with van der Waals surface area (Å²) >= 11 is 0.